The second-order valence-corrected chi connectivity index (χ2v) is 3.68. The van der Waals surface area contributed by atoms with Gasteiger partial charge in [-0.1, -0.05) is 25.1 Å². The van der Waals surface area contributed by atoms with Crippen molar-refractivity contribution in [1.29, 1.82) is 0 Å². The number of phenols is 1. The van der Waals surface area contributed by atoms with Crippen LogP contribution in [-0.2, 0) is 9.59 Å². The Morgan fingerprint density at radius 2 is 1.79 bits per heavy atom. The van der Waals surface area contributed by atoms with E-state index >= 15 is 0 Å². The molecule has 1 aromatic rings. The summed E-state index contributed by atoms with van der Waals surface area (Å²) in [5.41, 5.74) is 9.75. The molecule has 0 unspecified atom stereocenters. The van der Waals surface area contributed by atoms with Gasteiger partial charge in [0.2, 0.25) is 11.8 Å². The van der Waals surface area contributed by atoms with Crippen LogP contribution in [0.2, 0.25) is 0 Å². The van der Waals surface area contributed by atoms with E-state index in [1.54, 1.807) is 31.2 Å². The minimum atomic E-state index is -1.02. The summed E-state index contributed by atoms with van der Waals surface area (Å²) in [6, 6.07) is 7.69. The van der Waals surface area contributed by atoms with Gasteiger partial charge in [0, 0.05) is 6.54 Å². The lowest BCUT2D eigenvalue weighted by Gasteiger charge is -2.20. The van der Waals surface area contributed by atoms with E-state index in [-0.39, 0.29) is 13.0 Å². The highest BCUT2D eigenvalue weighted by molar-refractivity contribution is 5.86. The molecule has 2 amide bonds. The first-order valence-corrected chi connectivity index (χ1v) is 5.65. The van der Waals surface area contributed by atoms with Gasteiger partial charge in [-0.2, -0.15) is 5.06 Å². The van der Waals surface area contributed by atoms with Gasteiger partial charge in [-0.05, 0) is 12.1 Å². The standard InChI is InChI=1S/C6H13N3O3.C6H6O/c1-2-9(12)4(6(8)11)3-5(7)10;7-6-4-2-1-3-5-6/h4,12H,2-3H2,1H3,(H2,7,10)(H2,8,11);1-5,7H/t4-;/m0./s1. The minimum absolute atomic E-state index is 0.209. The van der Waals surface area contributed by atoms with Crippen LogP contribution in [0.5, 0.6) is 5.75 Å². The molecule has 0 aliphatic carbocycles. The fraction of sp³-hybridized carbons (Fsp3) is 0.333. The molecule has 6 N–H and O–H groups in total. The molecule has 0 spiro atoms. The van der Waals surface area contributed by atoms with Gasteiger partial charge < -0.3 is 21.8 Å². The molecule has 0 saturated carbocycles. The molecule has 1 rings (SSSR count). The smallest absolute Gasteiger partial charge is 0.237 e. The maximum Gasteiger partial charge on any atom is 0.237 e. The number of hydrogen-bond acceptors (Lipinski definition) is 5. The lowest BCUT2D eigenvalue weighted by Crippen LogP contribution is -2.45. The molecule has 19 heavy (non-hydrogen) atoms. The highest BCUT2D eigenvalue weighted by Gasteiger charge is 2.23. The van der Waals surface area contributed by atoms with E-state index in [0.29, 0.717) is 10.8 Å². The number of nitrogens with zero attached hydrogens (tertiary/aromatic N) is 1. The molecular formula is C12H19N3O4. The van der Waals surface area contributed by atoms with E-state index < -0.39 is 17.9 Å². The molecule has 0 aromatic heterocycles. The van der Waals surface area contributed by atoms with Gasteiger partial charge >= 0.3 is 0 Å². The summed E-state index contributed by atoms with van der Waals surface area (Å²) in [4.78, 5) is 21.1. The molecule has 0 bridgehead atoms. The highest BCUT2D eigenvalue weighted by atomic mass is 16.5. The first kappa shape index (κ1) is 16.9. The predicted octanol–water partition coefficient (Wildman–Crippen LogP) is -0.181. The average Bonchev–Trinajstić information content (AvgIpc) is 2.36. The number of primary amides is 2. The summed E-state index contributed by atoms with van der Waals surface area (Å²) in [5, 5.41) is 18.4. The number of aromatic hydroxyl groups is 1. The number of hydrogen-bond donors (Lipinski definition) is 4. The molecule has 1 atom stereocenters. The van der Waals surface area contributed by atoms with Crippen LogP contribution in [0.25, 0.3) is 0 Å². The minimum Gasteiger partial charge on any atom is -0.508 e. The van der Waals surface area contributed by atoms with Gasteiger partial charge in [0.25, 0.3) is 0 Å². The van der Waals surface area contributed by atoms with Crippen molar-refractivity contribution < 1.29 is 19.9 Å². The molecule has 0 aliphatic rings. The third-order valence-corrected chi connectivity index (χ3v) is 2.16. The van der Waals surface area contributed by atoms with Gasteiger partial charge in [-0.3, -0.25) is 9.59 Å². The fourth-order valence-corrected chi connectivity index (χ4v) is 1.19. The van der Waals surface area contributed by atoms with Crippen LogP contribution in [0.4, 0.5) is 0 Å². The molecule has 0 radical (unpaired) electrons. The topological polar surface area (TPSA) is 130 Å². The zero-order valence-corrected chi connectivity index (χ0v) is 10.7. The summed E-state index contributed by atoms with van der Waals surface area (Å²) < 4.78 is 0. The van der Waals surface area contributed by atoms with Crippen molar-refractivity contribution in [3.05, 3.63) is 30.3 Å². The summed E-state index contributed by atoms with van der Waals surface area (Å²) >= 11 is 0. The van der Waals surface area contributed by atoms with Gasteiger partial charge in [0.05, 0.1) is 6.42 Å². The number of amides is 2. The first-order chi connectivity index (χ1) is 8.88. The second kappa shape index (κ2) is 8.90. The molecule has 0 aliphatic heterocycles. The number of hydroxylamine groups is 2. The maximum absolute atomic E-state index is 10.6. The first-order valence-electron chi connectivity index (χ1n) is 5.65. The Kier molecular flexibility index (Phi) is 7.90. The van der Waals surface area contributed by atoms with Gasteiger partial charge in [0.15, 0.2) is 0 Å². The van der Waals surface area contributed by atoms with Gasteiger partial charge in [-0.15, -0.1) is 0 Å². The summed E-state index contributed by atoms with van der Waals surface area (Å²) in [6.07, 6.45) is -0.264. The average molecular weight is 269 g/mol. The number of likely N-dealkylation sites (N-methyl/N-ethyl adjacent to an activating group) is 1. The number of para-hydroxylation sites is 1. The quantitative estimate of drug-likeness (QED) is 0.551. The van der Waals surface area contributed by atoms with E-state index in [4.69, 9.17) is 21.8 Å². The van der Waals surface area contributed by atoms with E-state index in [9.17, 15) is 9.59 Å². The summed E-state index contributed by atoms with van der Waals surface area (Å²) in [7, 11) is 0. The Labute approximate surface area is 111 Å². The molecule has 1 aromatic carbocycles. The van der Waals surface area contributed by atoms with Crippen molar-refractivity contribution in [2.45, 2.75) is 19.4 Å². The molecule has 7 nitrogen and oxygen atoms in total. The molecule has 0 heterocycles. The molecular weight excluding hydrogens is 250 g/mol. The maximum atomic E-state index is 10.6. The number of rotatable bonds is 5. The van der Waals surface area contributed by atoms with Crippen molar-refractivity contribution >= 4 is 11.8 Å². The van der Waals surface area contributed by atoms with Crippen LogP contribution in [0.3, 0.4) is 0 Å². The number of carbonyl (C=O) groups excluding carboxylic acids is 2. The summed E-state index contributed by atoms with van der Waals surface area (Å²) in [5.74, 6) is -1.12. The van der Waals surface area contributed by atoms with Crippen molar-refractivity contribution in [3.8, 4) is 5.75 Å². The zero-order chi connectivity index (χ0) is 14.8. The normalized spacial score (nSPS) is 11.3. The van der Waals surface area contributed by atoms with E-state index in [0.717, 1.165) is 0 Å². The third kappa shape index (κ3) is 7.74. The Morgan fingerprint density at radius 1 is 1.26 bits per heavy atom. The van der Waals surface area contributed by atoms with Crippen LogP contribution in [-0.4, -0.2) is 39.8 Å². The second-order valence-electron chi connectivity index (χ2n) is 3.68. The lowest BCUT2D eigenvalue weighted by atomic mass is 10.2. The predicted molar refractivity (Wildman–Crippen MR) is 69.1 cm³/mol. The molecule has 7 heteroatoms. The van der Waals surface area contributed by atoms with E-state index in [2.05, 4.69) is 0 Å². The van der Waals surface area contributed by atoms with Gasteiger partial charge in [-0.25, -0.2) is 0 Å². The number of carbonyl (C=O) groups is 2. The van der Waals surface area contributed by atoms with Crippen LogP contribution < -0.4 is 11.5 Å². The molecule has 106 valence electrons. The van der Waals surface area contributed by atoms with Crippen LogP contribution in [0.15, 0.2) is 30.3 Å². The molecule has 0 fully saturated rings. The van der Waals surface area contributed by atoms with Crippen molar-refractivity contribution in [2.24, 2.45) is 11.5 Å². The largest absolute Gasteiger partial charge is 0.508 e. The van der Waals surface area contributed by atoms with Crippen molar-refractivity contribution in [1.82, 2.24) is 5.06 Å². The van der Waals surface area contributed by atoms with Crippen LogP contribution >= 0.6 is 0 Å². The lowest BCUT2D eigenvalue weighted by molar-refractivity contribution is -0.155. The third-order valence-electron chi connectivity index (χ3n) is 2.16. The summed E-state index contributed by atoms with van der Waals surface area (Å²) in [6.45, 7) is 1.83. The Balaban J connectivity index is 0.000000388. The number of nitrogens with two attached hydrogens (primary N) is 2. The van der Waals surface area contributed by atoms with Crippen molar-refractivity contribution in [2.75, 3.05) is 6.54 Å². The molecule has 0 saturated heterocycles. The van der Waals surface area contributed by atoms with Crippen LogP contribution in [0.1, 0.15) is 13.3 Å². The monoisotopic (exact) mass is 269 g/mol. The van der Waals surface area contributed by atoms with E-state index in [1.807, 2.05) is 6.07 Å². The fourth-order valence-electron chi connectivity index (χ4n) is 1.19. The van der Waals surface area contributed by atoms with Crippen LogP contribution in [0, 0.1) is 0 Å². The Bertz CT molecular complexity index is 397. The Hall–Kier alpha value is -2.12. The number of phenolic OH excluding ortho intramolecular Hbond substituents is 1. The SMILES string of the molecule is CCN(O)[C@@H](CC(N)=O)C(N)=O.Oc1ccccc1. The van der Waals surface area contributed by atoms with Crippen molar-refractivity contribution in [3.63, 3.8) is 0 Å². The van der Waals surface area contributed by atoms with Gasteiger partial charge in [0.1, 0.15) is 11.8 Å². The zero-order valence-electron chi connectivity index (χ0n) is 10.7. The number of benzene rings is 1. The highest BCUT2D eigenvalue weighted by Crippen LogP contribution is 2.02. The van der Waals surface area contributed by atoms with E-state index in [1.165, 1.54) is 0 Å². The Morgan fingerprint density at radius 3 is 2.05 bits per heavy atom.